The van der Waals surface area contributed by atoms with Crippen LogP contribution in [0.3, 0.4) is 0 Å². The topological polar surface area (TPSA) is 39.3 Å². The molecule has 1 aromatic heterocycles. The second-order valence-corrected chi connectivity index (χ2v) is 10.2. The minimum absolute atomic E-state index is 0.151. The van der Waals surface area contributed by atoms with Crippen LogP contribution in [0, 0.1) is 11.7 Å². The van der Waals surface area contributed by atoms with Crippen LogP contribution in [0.4, 0.5) is 4.39 Å². The van der Waals surface area contributed by atoms with Gasteiger partial charge in [0.2, 0.25) is 0 Å². The maximum absolute atomic E-state index is 13.2. The summed E-state index contributed by atoms with van der Waals surface area (Å²) in [6.07, 6.45) is 11.2. The molecular weight excluding hydrogens is 425 g/mol. The van der Waals surface area contributed by atoms with Gasteiger partial charge >= 0.3 is 0 Å². The molecule has 5 heteroatoms. The predicted octanol–water partition coefficient (Wildman–Crippen LogP) is 6.21. The Hall–Kier alpha value is -2.66. The van der Waals surface area contributed by atoms with Crippen LogP contribution >= 0.6 is 0 Å². The summed E-state index contributed by atoms with van der Waals surface area (Å²) in [5, 5.41) is 1.01. The second-order valence-electron chi connectivity index (χ2n) is 10.2. The van der Waals surface area contributed by atoms with Crippen molar-refractivity contribution in [2.75, 3.05) is 32.7 Å². The normalized spacial score (nSPS) is 21.2. The molecule has 1 unspecified atom stereocenters. The Labute approximate surface area is 202 Å². The third-order valence-corrected chi connectivity index (χ3v) is 7.84. The zero-order valence-corrected chi connectivity index (χ0v) is 20.0. The van der Waals surface area contributed by atoms with Crippen LogP contribution in [0.5, 0.6) is 0 Å². The molecule has 0 radical (unpaired) electrons. The highest BCUT2D eigenvalue weighted by Gasteiger charge is 2.30. The van der Waals surface area contributed by atoms with Crippen LogP contribution in [-0.2, 0) is 0 Å². The number of amides is 1. The number of benzene rings is 2. The fraction of sp³-hybridized carbons (Fsp3) is 0.483. The highest BCUT2D eigenvalue weighted by Crippen LogP contribution is 2.30. The Bertz CT molecular complexity index is 1080. The van der Waals surface area contributed by atoms with Gasteiger partial charge in [0.25, 0.3) is 5.91 Å². The second kappa shape index (κ2) is 10.7. The van der Waals surface area contributed by atoms with E-state index in [4.69, 9.17) is 0 Å². The van der Waals surface area contributed by atoms with Crippen LogP contribution in [0.25, 0.3) is 10.9 Å². The Morgan fingerprint density at radius 1 is 0.912 bits per heavy atom. The van der Waals surface area contributed by atoms with Gasteiger partial charge in [-0.2, -0.15) is 0 Å². The van der Waals surface area contributed by atoms with E-state index in [-0.39, 0.29) is 11.7 Å². The van der Waals surface area contributed by atoms with Gasteiger partial charge < -0.3 is 14.8 Å². The van der Waals surface area contributed by atoms with Gasteiger partial charge in [0.05, 0.1) is 0 Å². The largest absolute Gasteiger partial charge is 0.361 e. The highest BCUT2D eigenvalue weighted by atomic mass is 19.1. The van der Waals surface area contributed by atoms with Crippen LogP contribution in [-0.4, -0.2) is 53.4 Å². The first-order chi connectivity index (χ1) is 16.7. The van der Waals surface area contributed by atoms with Crippen molar-refractivity contribution in [2.24, 2.45) is 5.92 Å². The molecule has 2 saturated heterocycles. The van der Waals surface area contributed by atoms with Crippen molar-refractivity contribution >= 4 is 16.8 Å². The van der Waals surface area contributed by atoms with Crippen molar-refractivity contribution in [3.63, 3.8) is 0 Å². The molecule has 2 aromatic carbocycles. The number of hydrogen-bond donors (Lipinski definition) is 1. The highest BCUT2D eigenvalue weighted by molar-refractivity contribution is 6.06. The molecule has 1 saturated carbocycles. The van der Waals surface area contributed by atoms with E-state index in [0.717, 1.165) is 68.5 Å². The summed E-state index contributed by atoms with van der Waals surface area (Å²) < 4.78 is 13.2. The Kier molecular flexibility index (Phi) is 7.29. The number of likely N-dealkylation sites (tertiary alicyclic amines) is 2. The molecule has 3 fully saturated rings. The summed E-state index contributed by atoms with van der Waals surface area (Å²) in [4.78, 5) is 20.9. The van der Waals surface area contributed by atoms with Gasteiger partial charge in [-0.25, -0.2) is 4.39 Å². The van der Waals surface area contributed by atoms with Gasteiger partial charge in [-0.1, -0.05) is 43.9 Å². The van der Waals surface area contributed by atoms with Crippen molar-refractivity contribution in [3.05, 3.63) is 71.7 Å². The SMILES string of the molecule is C1CCC1.O=C(c1cccc2[nH]ccc12)N1CCC(CN2CCC(c3ccc(F)cc3)CC2)C1. The van der Waals surface area contributed by atoms with Gasteiger partial charge in [0, 0.05) is 42.3 Å². The van der Waals surface area contributed by atoms with E-state index in [1.807, 2.05) is 47.5 Å². The third-order valence-electron chi connectivity index (χ3n) is 7.84. The summed E-state index contributed by atoms with van der Waals surface area (Å²) >= 11 is 0. The van der Waals surface area contributed by atoms with E-state index < -0.39 is 0 Å². The minimum Gasteiger partial charge on any atom is -0.361 e. The number of rotatable bonds is 4. The first-order valence-corrected chi connectivity index (χ1v) is 13.0. The predicted molar refractivity (Wildman–Crippen MR) is 136 cm³/mol. The maximum Gasteiger partial charge on any atom is 0.254 e. The number of halogens is 1. The molecule has 180 valence electrons. The lowest BCUT2D eigenvalue weighted by atomic mass is 9.89. The Morgan fingerprint density at radius 2 is 1.65 bits per heavy atom. The molecule has 4 nitrogen and oxygen atoms in total. The summed E-state index contributed by atoms with van der Waals surface area (Å²) in [5.74, 6) is 1.06. The van der Waals surface area contributed by atoms with Gasteiger partial charge in [0.1, 0.15) is 5.82 Å². The van der Waals surface area contributed by atoms with Crippen LogP contribution < -0.4 is 0 Å². The van der Waals surface area contributed by atoms with Crippen LogP contribution in [0.1, 0.15) is 66.8 Å². The van der Waals surface area contributed by atoms with Gasteiger partial charge in [-0.3, -0.25) is 4.79 Å². The van der Waals surface area contributed by atoms with E-state index in [9.17, 15) is 9.18 Å². The molecule has 0 spiro atoms. The van der Waals surface area contributed by atoms with Gasteiger partial charge in [0.15, 0.2) is 0 Å². The Balaban J connectivity index is 0.000000547. The monoisotopic (exact) mass is 461 g/mol. The smallest absolute Gasteiger partial charge is 0.254 e. The molecule has 1 atom stereocenters. The molecule has 2 aliphatic heterocycles. The number of H-pyrrole nitrogens is 1. The molecule has 6 rings (SSSR count). The minimum atomic E-state index is -0.163. The number of aromatic nitrogens is 1. The number of carbonyl (C=O) groups excluding carboxylic acids is 1. The van der Waals surface area contributed by atoms with Crippen molar-refractivity contribution in [1.82, 2.24) is 14.8 Å². The molecule has 3 aromatic rings. The Morgan fingerprint density at radius 3 is 2.35 bits per heavy atom. The lowest BCUT2D eigenvalue weighted by Gasteiger charge is -2.33. The molecule has 34 heavy (non-hydrogen) atoms. The van der Waals surface area contributed by atoms with E-state index >= 15 is 0 Å². The summed E-state index contributed by atoms with van der Waals surface area (Å²) in [6.45, 7) is 4.91. The molecule has 3 aliphatic rings. The fourth-order valence-corrected chi connectivity index (χ4v) is 5.41. The first-order valence-electron chi connectivity index (χ1n) is 13.0. The third kappa shape index (κ3) is 5.35. The molecule has 1 amide bonds. The summed E-state index contributed by atoms with van der Waals surface area (Å²) in [6, 6.07) is 14.9. The van der Waals surface area contributed by atoms with Crippen molar-refractivity contribution in [3.8, 4) is 0 Å². The summed E-state index contributed by atoms with van der Waals surface area (Å²) in [5.41, 5.74) is 3.07. The number of carbonyl (C=O) groups is 1. The van der Waals surface area contributed by atoms with Crippen molar-refractivity contribution < 1.29 is 9.18 Å². The maximum atomic E-state index is 13.2. The van der Waals surface area contributed by atoms with Crippen LogP contribution in [0.15, 0.2) is 54.7 Å². The first kappa shape index (κ1) is 23.1. The lowest BCUT2D eigenvalue weighted by Crippen LogP contribution is -2.37. The van der Waals surface area contributed by atoms with Gasteiger partial charge in [-0.05, 0) is 80.1 Å². The lowest BCUT2D eigenvalue weighted by molar-refractivity contribution is 0.0784. The van der Waals surface area contributed by atoms with E-state index in [1.165, 1.54) is 31.2 Å². The quantitative estimate of drug-likeness (QED) is 0.502. The number of aromatic amines is 1. The molecule has 1 N–H and O–H groups in total. The number of fused-ring (bicyclic) bond motifs is 1. The summed E-state index contributed by atoms with van der Waals surface area (Å²) in [7, 11) is 0. The van der Waals surface area contributed by atoms with Crippen molar-refractivity contribution in [2.45, 2.75) is 50.9 Å². The zero-order chi connectivity index (χ0) is 23.3. The molecule has 3 heterocycles. The average Bonchev–Trinajstić information content (AvgIpc) is 3.48. The van der Waals surface area contributed by atoms with E-state index in [0.29, 0.717) is 11.8 Å². The number of nitrogens with zero attached hydrogens (tertiary/aromatic N) is 2. The number of nitrogens with one attached hydrogen (secondary N) is 1. The van der Waals surface area contributed by atoms with E-state index in [2.05, 4.69) is 9.88 Å². The van der Waals surface area contributed by atoms with Gasteiger partial charge in [-0.15, -0.1) is 0 Å². The van der Waals surface area contributed by atoms with Crippen molar-refractivity contribution in [1.29, 1.82) is 0 Å². The number of hydrogen-bond acceptors (Lipinski definition) is 2. The molecular formula is C29H36FN3O. The van der Waals surface area contributed by atoms with E-state index in [1.54, 1.807) is 12.1 Å². The fourth-order valence-electron chi connectivity index (χ4n) is 5.41. The number of piperidine rings is 1. The standard InChI is InChI=1S/C25H28FN3O.C4H8/c26-21-6-4-19(5-7-21)20-10-13-28(14-11-20)16-18-9-15-29(17-18)25(30)23-2-1-3-24-22(23)8-12-27-24;1-2-4-3-1/h1-8,12,18,20,27H,9-11,13-17H2;1-4H2. The molecule has 0 bridgehead atoms. The average molecular weight is 462 g/mol. The molecule has 1 aliphatic carbocycles. The zero-order valence-electron chi connectivity index (χ0n) is 20.0. The van der Waals surface area contributed by atoms with Crippen LogP contribution in [0.2, 0.25) is 0 Å².